The number of amides is 1. The minimum Gasteiger partial charge on any atom is -0.508 e. The third-order valence-corrected chi connectivity index (χ3v) is 1.96. The van der Waals surface area contributed by atoms with Crippen molar-refractivity contribution < 1.29 is 20.1 Å². The number of aromatic hydroxyl groups is 1. The van der Waals surface area contributed by atoms with Crippen LogP contribution in [0.3, 0.4) is 0 Å². The molecule has 15 heavy (non-hydrogen) atoms. The highest BCUT2D eigenvalue weighted by atomic mass is 16.3. The number of carbonyl (C=O) groups is 1. The number of nitrogen functional groups attached to an aromatic ring is 1. The summed E-state index contributed by atoms with van der Waals surface area (Å²) in [5.41, 5.74) is 10.5. The topological polar surface area (TPSA) is 130 Å². The molecule has 0 saturated heterocycles. The number of benzene rings is 1. The van der Waals surface area contributed by atoms with Gasteiger partial charge in [0.2, 0.25) is 5.91 Å². The van der Waals surface area contributed by atoms with Gasteiger partial charge in [-0.15, -0.1) is 0 Å². The van der Waals surface area contributed by atoms with Crippen LogP contribution in [0.2, 0.25) is 0 Å². The van der Waals surface area contributed by atoms with E-state index in [0.29, 0.717) is 5.69 Å². The Kier molecular flexibility index (Phi) is 3.13. The highest BCUT2D eigenvalue weighted by Crippen LogP contribution is 2.28. The van der Waals surface area contributed by atoms with Gasteiger partial charge in [0, 0.05) is 11.3 Å². The predicted octanol–water partition coefficient (Wildman–Crippen LogP) is -1.15. The number of aliphatic hydroxyl groups is 2. The summed E-state index contributed by atoms with van der Waals surface area (Å²) in [5.74, 6) is -1.35. The van der Waals surface area contributed by atoms with Crippen LogP contribution in [0.15, 0.2) is 18.2 Å². The minimum atomic E-state index is -1.78. The Morgan fingerprint density at radius 1 is 1.33 bits per heavy atom. The number of phenols is 1. The first-order valence-corrected chi connectivity index (χ1v) is 4.17. The van der Waals surface area contributed by atoms with Crippen molar-refractivity contribution in [2.75, 3.05) is 5.73 Å². The van der Waals surface area contributed by atoms with Crippen LogP contribution >= 0.6 is 0 Å². The Hall–Kier alpha value is -1.79. The van der Waals surface area contributed by atoms with Crippen molar-refractivity contribution in [3.63, 3.8) is 0 Å². The molecule has 1 aromatic rings. The molecule has 0 aliphatic carbocycles. The number of aliphatic hydroxyl groups excluding tert-OH is 2. The van der Waals surface area contributed by atoms with E-state index < -0.39 is 18.1 Å². The Morgan fingerprint density at radius 3 is 2.47 bits per heavy atom. The number of anilines is 1. The van der Waals surface area contributed by atoms with Crippen molar-refractivity contribution >= 4 is 11.6 Å². The number of phenolic OH excluding ortho intramolecular Hbond substituents is 1. The molecule has 0 aliphatic rings. The third kappa shape index (κ3) is 2.36. The van der Waals surface area contributed by atoms with Crippen LogP contribution in [0.4, 0.5) is 5.69 Å². The van der Waals surface area contributed by atoms with Gasteiger partial charge in [-0.05, 0) is 18.2 Å². The van der Waals surface area contributed by atoms with Gasteiger partial charge in [-0.25, -0.2) is 0 Å². The molecule has 6 heteroatoms. The number of rotatable bonds is 3. The Labute approximate surface area is 85.8 Å². The summed E-state index contributed by atoms with van der Waals surface area (Å²) in [6.45, 7) is 0. The van der Waals surface area contributed by atoms with Gasteiger partial charge >= 0.3 is 0 Å². The lowest BCUT2D eigenvalue weighted by molar-refractivity contribution is -0.132. The number of carbonyl (C=O) groups excluding carboxylic acids is 1. The summed E-state index contributed by atoms with van der Waals surface area (Å²) in [4.78, 5) is 10.6. The fourth-order valence-corrected chi connectivity index (χ4v) is 1.14. The number of hydrogen-bond acceptors (Lipinski definition) is 5. The van der Waals surface area contributed by atoms with Gasteiger partial charge in [-0.1, -0.05) is 0 Å². The zero-order valence-electron chi connectivity index (χ0n) is 7.79. The molecule has 0 bridgehead atoms. The van der Waals surface area contributed by atoms with Crippen molar-refractivity contribution in [2.24, 2.45) is 5.73 Å². The molecule has 1 rings (SSSR count). The van der Waals surface area contributed by atoms with Crippen molar-refractivity contribution in [3.8, 4) is 5.75 Å². The lowest BCUT2D eigenvalue weighted by Crippen LogP contribution is -2.33. The Morgan fingerprint density at radius 2 is 1.93 bits per heavy atom. The SMILES string of the molecule is NC(=O)C(O)C(O)c1cc(N)ccc1O. The largest absolute Gasteiger partial charge is 0.508 e. The highest BCUT2D eigenvalue weighted by Gasteiger charge is 2.25. The second-order valence-corrected chi connectivity index (χ2v) is 3.11. The van der Waals surface area contributed by atoms with E-state index in [9.17, 15) is 20.1 Å². The van der Waals surface area contributed by atoms with E-state index in [-0.39, 0.29) is 11.3 Å². The van der Waals surface area contributed by atoms with Gasteiger partial charge in [0.05, 0.1) is 0 Å². The quantitative estimate of drug-likeness (QED) is 0.319. The molecule has 82 valence electrons. The monoisotopic (exact) mass is 212 g/mol. The van der Waals surface area contributed by atoms with Crippen molar-refractivity contribution in [3.05, 3.63) is 23.8 Å². The van der Waals surface area contributed by atoms with Crippen LogP contribution < -0.4 is 11.5 Å². The molecular weight excluding hydrogens is 200 g/mol. The minimum absolute atomic E-state index is 0.0405. The average Bonchev–Trinajstić information content (AvgIpc) is 2.19. The van der Waals surface area contributed by atoms with Crippen molar-refractivity contribution in [1.29, 1.82) is 0 Å². The van der Waals surface area contributed by atoms with E-state index in [1.54, 1.807) is 0 Å². The van der Waals surface area contributed by atoms with Crippen LogP contribution in [0.5, 0.6) is 5.75 Å². The molecule has 2 unspecified atom stereocenters. The molecule has 0 aliphatic heterocycles. The van der Waals surface area contributed by atoms with Gasteiger partial charge in [0.15, 0.2) is 6.10 Å². The predicted molar refractivity (Wildman–Crippen MR) is 52.7 cm³/mol. The Balaban J connectivity index is 3.04. The van der Waals surface area contributed by atoms with E-state index in [4.69, 9.17) is 11.5 Å². The van der Waals surface area contributed by atoms with Crippen LogP contribution in [0.1, 0.15) is 11.7 Å². The maximum absolute atomic E-state index is 10.6. The molecule has 7 N–H and O–H groups in total. The second kappa shape index (κ2) is 4.16. The molecule has 1 aromatic carbocycles. The van der Waals surface area contributed by atoms with Crippen LogP contribution in [0, 0.1) is 0 Å². The van der Waals surface area contributed by atoms with Crippen LogP contribution in [-0.2, 0) is 4.79 Å². The molecule has 6 nitrogen and oxygen atoms in total. The fraction of sp³-hybridized carbons (Fsp3) is 0.222. The molecule has 0 heterocycles. The smallest absolute Gasteiger partial charge is 0.249 e. The molecule has 2 atom stereocenters. The molecule has 0 aromatic heterocycles. The Bertz CT molecular complexity index is 380. The molecule has 0 fully saturated rings. The normalized spacial score (nSPS) is 14.5. The molecule has 0 spiro atoms. The summed E-state index contributed by atoms with van der Waals surface area (Å²) in [6, 6.07) is 3.93. The van der Waals surface area contributed by atoms with Gasteiger partial charge < -0.3 is 26.8 Å². The summed E-state index contributed by atoms with van der Waals surface area (Å²) in [6.07, 6.45) is -3.37. The number of nitrogens with two attached hydrogens (primary N) is 2. The maximum Gasteiger partial charge on any atom is 0.249 e. The molecule has 1 amide bonds. The summed E-state index contributed by atoms with van der Waals surface area (Å²) in [7, 11) is 0. The van der Waals surface area contributed by atoms with Crippen LogP contribution in [-0.4, -0.2) is 27.3 Å². The van der Waals surface area contributed by atoms with Gasteiger partial charge in [-0.2, -0.15) is 0 Å². The fourth-order valence-electron chi connectivity index (χ4n) is 1.14. The van der Waals surface area contributed by atoms with E-state index in [0.717, 1.165) is 0 Å². The highest BCUT2D eigenvalue weighted by molar-refractivity contribution is 5.79. The average molecular weight is 212 g/mol. The van der Waals surface area contributed by atoms with E-state index in [1.807, 2.05) is 0 Å². The molecule has 0 radical (unpaired) electrons. The van der Waals surface area contributed by atoms with Gasteiger partial charge in [-0.3, -0.25) is 4.79 Å². The van der Waals surface area contributed by atoms with Crippen molar-refractivity contribution in [1.82, 2.24) is 0 Å². The summed E-state index contributed by atoms with van der Waals surface area (Å²) in [5, 5.41) is 28.0. The molecule has 0 saturated carbocycles. The lowest BCUT2D eigenvalue weighted by Gasteiger charge is -2.16. The van der Waals surface area contributed by atoms with Gasteiger partial charge in [0.25, 0.3) is 0 Å². The summed E-state index contributed by atoms with van der Waals surface area (Å²) < 4.78 is 0. The van der Waals surface area contributed by atoms with E-state index in [2.05, 4.69) is 0 Å². The number of hydrogen-bond donors (Lipinski definition) is 5. The van der Waals surface area contributed by atoms with E-state index >= 15 is 0 Å². The number of primary amides is 1. The molecular formula is C9H12N2O4. The first-order chi connectivity index (χ1) is 6.93. The van der Waals surface area contributed by atoms with E-state index in [1.165, 1.54) is 18.2 Å². The first kappa shape index (κ1) is 11.3. The van der Waals surface area contributed by atoms with Crippen LogP contribution in [0.25, 0.3) is 0 Å². The zero-order chi connectivity index (χ0) is 11.6. The second-order valence-electron chi connectivity index (χ2n) is 3.11. The van der Waals surface area contributed by atoms with Crippen molar-refractivity contribution in [2.45, 2.75) is 12.2 Å². The van der Waals surface area contributed by atoms with Gasteiger partial charge in [0.1, 0.15) is 11.9 Å². The third-order valence-electron chi connectivity index (χ3n) is 1.96. The maximum atomic E-state index is 10.6. The zero-order valence-corrected chi connectivity index (χ0v) is 7.79. The first-order valence-electron chi connectivity index (χ1n) is 4.17. The lowest BCUT2D eigenvalue weighted by atomic mass is 10.0. The summed E-state index contributed by atoms with van der Waals surface area (Å²) >= 11 is 0. The standard InChI is InChI=1S/C9H12N2O4/c10-4-1-2-6(12)5(3-4)7(13)8(14)9(11)15/h1-3,7-8,12-14H,10H2,(H2,11,15).